The fourth-order valence-corrected chi connectivity index (χ4v) is 3.66. The van der Waals surface area contributed by atoms with Gasteiger partial charge < -0.3 is 15.5 Å². The van der Waals surface area contributed by atoms with Crippen LogP contribution in [0.1, 0.15) is 37.1 Å². The highest BCUT2D eigenvalue weighted by molar-refractivity contribution is 6.06. The van der Waals surface area contributed by atoms with E-state index in [0.717, 1.165) is 49.1 Å². The Bertz CT molecular complexity index is 899. The molecule has 0 amide bonds. The third-order valence-electron chi connectivity index (χ3n) is 4.63. The molecule has 0 atom stereocenters. The SMILES string of the molecule is CC(C)Cc1nc2oc3c(NCC[NH3+])ncnc3c2c2c1CCC2. The van der Waals surface area contributed by atoms with Gasteiger partial charge in [0.25, 0.3) is 0 Å². The Balaban J connectivity index is 1.96. The third-order valence-corrected chi connectivity index (χ3v) is 4.63. The monoisotopic (exact) mass is 326 g/mol. The molecule has 1 aliphatic rings. The molecule has 3 aromatic rings. The number of hydrogen-bond acceptors (Lipinski definition) is 5. The standard InChI is InChI=1S/C18H23N5O/c1-10(2)8-13-11-4-3-5-12(11)14-15-16(24-18(14)23-13)17(20-7-6-19)22-9-21-15/h9-10H,3-8,19H2,1-2H3,(H,20,21,22)/p+1. The lowest BCUT2D eigenvalue weighted by molar-refractivity contribution is -0.362. The highest BCUT2D eigenvalue weighted by atomic mass is 16.3. The van der Waals surface area contributed by atoms with Crippen LogP contribution in [-0.2, 0) is 19.3 Å². The molecule has 0 unspecified atom stereocenters. The Morgan fingerprint density at radius 1 is 1.25 bits per heavy atom. The molecule has 0 fully saturated rings. The van der Waals surface area contributed by atoms with E-state index in [1.54, 1.807) is 6.33 Å². The van der Waals surface area contributed by atoms with Crippen LogP contribution in [0.4, 0.5) is 5.82 Å². The number of anilines is 1. The molecule has 0 aliphatic heterocycles. The normalized spacial score (nSPS) is 14.0. The third kappa shape index (κ3) is 2.41. The summed E-state index contributed by atoms with van der Waals surface area (Å²) in [5, 5.41) is 4.37. The van der Waals surface area contributed by atoms with E-state index in [2.05, 4.69) is 34.9 Å². The number of nitrogens with one attached hydrogen (secondary N) is 1. The van der Waals surface area contributed by atoms with E-state index in [1.807, 2.05) is 0 Å². The molecular weight excluding hydrogens is 302 g/mol. The predicted molar refractivity (Wildman–Crippen MR) is 93.9 cm³/mol. The van der Waals surface area contributed by atoms with Gasteiger partial charge in [-0.1, -0.05) is 13.8 Å². The molecule has 0 saturated carbocycles. The smallest absolute Gasteiger partial charge is 0.229 e. The second-order valence-electron chi connectivity index (χ2n) is 6.93. The minimum Gasteiger partial charge on any atom is -0.432 e. The number of rotatable bonds is 5. The topological polar surface area (TPSA) is 91.5 Å². The fourth-order valence-electron chi connectivity index (χ4n) is 3.66. The molecule has 6 nitrogen and oxygen atoms in total. The number of nitrogens with zero attached hydrogens (tertiary/aromatic N) is 3. The summed E-state index contributed by atoms with van der Waals surface area (Å²) < 4.78 is 6.11. The van der Waals surface area contributed by atoms with E-state index < -0.39 is 0 Å². The van der Waals surface area contributed by atoms with Crippen LogP contribution in [0.5, 0.6) is 0 Å². The Morgan fingerprint density at radius 3 is 2.88 bits per heavy atom. The fraction of sp³-hybridized carbons (Fsp3) is 0.500. The number of quaternary nitrogens is 1. The van der Waals surface area contributed by atoms with Crippen molar-refractivity contribution < 1.29 is 10.2 Å². The van der Waals surface area contributed by atoms with Crippen molar-refractivity contribution in [3.8, 4) is 0 Å². The molecular formula is C18H24N5O+. The first kappa shape index (κ1) is 15.3. The number of fused-ring (bicyclic) bond motifs is 5. The summed E-state index contributed by atoms with van der Waals surface area (Å²) in [4.78, 5) is 13.7. The minimum absolute atomic E-state index is 0.582. The van der Waals surface area contributed by atoms with Gasteiger partial charge >= 0.3 is 0 Å². The second kappa shape index (κ2) is 6.02. The van der Waals surface area contributed by atoms with Crippen molar-refractivity contribution >= 4 is 28.0 Å². The molecule has 3 aromatic heterocycles. The largest absolute Gasteiger partial charge is 0.432 e. The maximum atomic E-state index is 6.11. The zero-order valence-corrected chi connectivity index (χ0v) is 14.4. The number of aryl methyl sites for hydroxylation is 1. The summed E-state index contributed by atoms with van der Waals surface area (Å²) >= 11 is 0. The van der Waals surface area contributed by atoms with Gasteiger partial charge in [0.15, 0.2) is 11.4 Å². The van der Waals surface area contributed by atoms with Crippen molar-refractivity contribution in [2.45, 2.75) is 39.5 Å². The second-order valence-corrected chi connectivity index (χ2v) is 6.93. The van der Waals surface area contributed by atoms with Crippen molar-refractivity contribution in [3.63, 3.8) is 0 Å². The number of hydrogen-bond donors (Lipinski definition) is 2. The molecule has 0 spiro atoms. The van der Waals surface area contributed by atoms with Crippen molar-refractivity contribution in [3.05, 3.63) is 23.1 Å². The van der Waals surface area contributed by atoms with Gasteiger partial charge in [0, 0.05) is 5.69 Å². The highest BCUT2D eigenvalue weighted by Crippen LogP contribution is 2.38. The lowest BCUT2D eigenvalue weighted by atomic mass is 9.99. The van der Waals surface area contributed by atoms with Crippen molar-refractivity contribution in [1.82, 2.24) is 15.0 Å². The maximum Gasteiger partial charge on any atom is 0.229 e. The summed E-state index contributed by atoms with van der Waals surface area (Å²) in [6.45, 7) is 6.02. The van der Waals surface area contributed by atoms with Crippen LogP contribution in [0.3, 0.4) is 0 Å². The van der Waals surface area contributed by atoms with E-state index in [0.29, 0.717) is 17.2 Å². The highest BCUT2D eigenvalue weighted by Gasteiger charge is 2.25. The van der Waals surface area contributed by atoms with Gasteiger partial charge in [0.1, 0.15) is 11.8 Å². The Kier molecular flexibility index (Phi) is 3.84. The average molecular weight is 326 g/mol. The van der Waals surface area contributed by atoms with E-state index in [9.17, 15) is 0 Å². The molecule has 0 bridgehead atoms. The van der Waals surface area contributed by atoms with Gasteiger partial charge in [-0.15, -0.1) is 0 Å². The van der Waals surface area contributed by atoms with Gasteiger partial charge in [0.05, 0.1) is 18.5 Å². The zero-order chi connectivity index (χ0) is 16.7. The average Bonchev–Trinajstić information content (AvgIpc) is 3.16. The number of aromatic nitrogens is 3. The molecule has 1 aliphatic carbocycles. The lowest BCUT2D eigenvalue weighted by Gasteiger charge is -2.10. The number of furan rings is 1. The van der Waals surface area contributed by atoms with E-state index in [4.69, 9.17) is 9.40 Å². The first-order chi connectivity index (χ1) is 11.7. The van der Waals surface area contributed by atoms with E-state index in [1.165, 1.54) is 23.2 Å². The Labute approximate surface area is 140 Å². The Hall–Kier alpha value is -2.21. The summed E-state index contributed by atoms with van der Waals surface area (Å²) in [5.74, 6) is 1.32. The van der Waals surface area contributed by atoms with Crippen LogP contribution in [0.2, 0.25) is 0 Å². The van der Waals surface area contributed by atoms with E-state index >= 15 is 0 Å². The first-order valence-electron chi connectivity index (χ1n) is 8.80. The van der Waals surface area contributed by atoms with Crippen molar-refractivity contribution in [2.75, 3.05) is 18.4 Å². The van der Waals surface area contributed by atoms with Gasteiger partial charge in [-0.05, 0) is 42.7 Å². The van der Waals surface area contributed by atoms with Crippen LogP contribution in [0, 0.1) is 5.92 Å². The van der Waals surface area contributed by atoms with Crippen LogP contribution < -0.4 is 11.1 Å². The van der Waals surface area contributed by atoms with Crippen LogP contribution in [-0.4, -0.2) is 28.0 Å². The molecule has 24 heavy (non-hydrogen) atoms. The zero-order valence-electron chi connectivity index (χ0n) is 14.4. The van der Waals surface area contributed by atoms with Gasteiger partial charge in [-0.3, -0.25) is 0 Å². The molecule has 4 N–H and O–H groups in total. The van der Waals surface area contributed by atoms with Crippen molar-refractivity contribution in [2.24, 2.45) is 5.92 Å². The molecule has 0 aromatic carbocycles. The van der Waals surface area contributed by atoms with Crippen molar-refractivity contribution in [1.29, 1.82) is 0 Å². The number of pyridine rings is 1. The summed E-state index contributed by atoms with van der Waals surface area (Å²) in [7, 11) is 0. The van der Waals surface area contributed by atoms with Crippen LogP contribution >= 0.6 is 0 Å². The maximum absolute atomic E-state index is 6.11. The van der Waals surface area contributed by atoms with Gasteiger partial charge in [-0.25, -0.2) is 15.0 Å². The molecule has 3 heterocycles. The predicted octanol–water partition coefficient (Wildman–Crippen LogP) is 2.11. The quantitative estimate of drug-likeness (QED) is 0.749. The summed E-state index contributed by atoms with van der Waals surface area (Å²) in [5.41, 5.74) is 10.2. The summed E-state index contributed by atoms with van der Waals surface area (Å²) in [6.07, 6.45) is 5.98. The molecule has 126 valence electrons. The van der Waals surface area contributed by atoms with Gasteiger partial charge in [0.2, 0.25) is 5.71 Å². The van der Waals surface area contributed by atoms with E-state index in [-0.39, 0.29) is 0 Å². The first-order valence-corrected chi connectivity index (χ1v) is 8.80. The molecule has 0 saturated heterocycles. The van der Waals surface area contributed by atoms with Crippen LogP contribution in [0.15, 0.2) is 10.7 Å². The molecule has 6 heteroatoms. The van der Waals surface area contributed by atoms with Crippen LogP contribution in [0.25, 0.3) is 22.2 Å². The van der Waals surface area contributed by atoms with Gasteiger partial charge in [-0.2, -0.15) is 0 Å². The lowest BCUT2D eigenvalue weighted by Crippen LogP contribution is -2.53. The minimum atomic E-state index is 0.582. The Morgan fingerprint density at radius 2 is 2.08 bits per heavy atom. The summed E-state index contributed by atoms with van der Waals surface area (Å²) in [6, 6.07) is 0. The molecule has 0 radical (unpaired) electrons. The molecule has 4 rings (SSSR count).